The van der Waals surface area contributed by atoms with Crippen molar-refractivity contribution < 1.29 is 14.8 Å². The number of H-pyrrole nitrogens is 1. The molecule has 2 rings (SSSR count). The summed E-state index contributed by atoms with van der Waals surface area (Å²) in [6.07, 6.45) is 1.77. The summed E-state index contributed by atoms with van der Waals surface area (Å²) in [6, 6.07) is 4.50. The van der Waals surface area contributed by atoms with Gasteiger partial charge < -0.3 is 5.11 Å². The minimum absolute atomic E-state index is 0.127. The first-order chi connectivity index (χ1) is 12.8. The van der Waals surface area contributed by atoms with E-state index in [0.717, 1.165) is 11.8 Å². The van der Waals surface area contributed by atoms with E-state index in [2.05, 4.69) is 32.1 Å². The first-order valence-corrected chi connectivity index (χ1v) is 8.58. The van der Waals surface area contributed by atoms with E-state index in [1.54, 1.807) is 26.0 Å². The molecule has 0 bridgehead atoms. The zero-order valence-corrected chi connectivity index (χ0v) is 15.4. The Morgan fingerprint density at radius 3 is 2.81 bits per heavy atom. The zero-order valence-electron chi connectivity index (χ0n) is 14.5. The number of aromatic nitrogens is 3. The van der Waals surface area contributed by atoms with E-state index in [9.17, 15) is 14.9 Å². The number of allylic oxidation sites excluding steroid dienone is 2. The SMILES string of the molecule is C=N/N=C(C)\C(=C/C)c1cc(-c2nc(SCC(=O)O)n[nH]2)cc([N+](=O)[O-])c1. The molecule has 1 heterocycles. The van der Waals surface area contributed by atoms with Crippen LogP contribution in [0.4, 0.5) is 5.69 Å². The van der Waals surface area contributed by atoms with E-state index in [1.807, 2.05) is 0 Å². The predicted molar refractivity (Wildman–Crippen MR) is 103 cm³/mol. The Labute approximate surface area is 158 Å². The van der Waals surface area contributed by atoms with Gasteiger partial charge in [0.2, 0.25) is 5.16 Å². The quantitative estimate of drug-likeness (QED) is 0.306. The first kappa shape index (κ1) is 20.0. The molecule has 1 aromatic heterocycles. The van der Waals surface area contributed by atoms with Gasteiger partial charge in [0.15, 0.2) is 5.82 Å². The smallest absolute Gasteiger partial charge is 0.313 e. The van der Waals surface area contributed by atoms with Gasteiger partial charge in [0.05, 0.1) is 16.4 Å². The van der Waals surface area contributed by atoms with E-state index in [1.165, 1.54) is 12.1 Å². The Balaban J connectivity index is 2.50. The number of thioether (sulfide) groups is 1. The van der Waals surface area contributed by atoms with Crippen molar-refractivity contribution in [3.05, 3.63) is 40.0 Å². The number of carboxylic acid groups (broad SMARTS) is 1. The van der Waals surface area contributed by atoms with Crippen molar-refractivity contribution in [2.45, 2.75) is 19.0 Å². The zero-order chi connectivity index (χ0) is 20.0. The number of benzene rings is 1. The third-order valence-electron chi connectivity index (χ3n) is 3.40. The molecule has 0 saturated carbocycles. The molecule has 0 aliphatic carbocycles. The highest BCUT2D eigenvalue weighted by molar-refractivity contribution is 7.99. The van der Waals surface area contributed by atoms with Crippen molar-refractivity contribution in [1.82, 2.24) is 15.2 Å². The summed E-state index contributed by atoms with van der Waals surface area (Å²) in [5.74, 6) is -0.892. The van der Waals surface area contributed by atoms with Crippen LogP contribution in [-0.4, -0.2) is 49.4 Å². The maximum absolute atomic E-state index is 11.3. The Morgan fingerprint density at radius 2 is 2.22 bits per heavy atom. The standard InChI is InChI=1S/C16H16N6O4S/c1-4-13(9(2)19-17-3)10-5-11(7-12(6-10)22(25)26)15-18-16(21-20-15)27-8-14(23)24/h4-7H,3,8H2,1-2H3,(H,23,24)(H,18,20,21)/b13-4+,19-9-. The van der Waals surface area contributed by atoms with E-state index in [-0.39, 0.29) is 16.6 Å². The largest absolute Gasteiger partial charge is 0.481 e. The summed E-state index contributed by atoms with van der Waals surface area (Å²) in [5.41, 5.74) is 2.08. The number of hydrogen-bond acceptors (Lipinski definition) is 8. The molecule has 0 saturated heterocycles. The highest BCUT2D eigenvalue weighted by atomic mass is 32.2. The fraction of sp³-hybridized carbons (Fsp3) is 0.188. The van der Waals surface area contributed by atoms with Crippen molar-refractivity contribution in [3.63, 3.8) is 0 Å². The van der Waals surface area contributed by atoms with Gasteiger partial charge in [-0.2, -0.15) is 10.2 Å². The second-order valence-electron chi connectivity index (χ2n) is 5.20. The number of carbonyl (C=O) groups is 1. The molecular formula is C16H16N6O4S. The number of aliphatic carboxylic acids is 1. The number of carboxylic acids is 1. The van der Waals surface area contributed by atoms with E-state index < -0.39 is 10.9 Å². The van der Waals surface area contributed by atoms with Crippen LogP contribution in [0.1, 0.15) is 19.4 Å². The number of aromatic amines is 1. The fourth-order valence-corrected chi connectivity index (χ4v) is 2.84. The Hall–Kier alpha value is -3.34. The molecule has 0 spiro atoms. The molecule has 10 nitrogen and oxygen atoms in total. The molecule has 0 unspecified atom stereocenters. The average molecular weight is 388 g/mol. The fourth-order valence-electron chi connectivity index (χ4n) is 2.32. The van der Waals surface area contributed by atoms with Crippen LogP contribution in [0.3, 0.4) is 0 Å². The van der Waals surface area contributed by atoms with Gasteiger partial charge >= 0.3 is 5.97 Å². The van der Waals surface area contributed by atoms with Crippen LogP contribution in [0.25, 0.3) is 17.0 Å². The van der Waals surface area contributed by atoms with Gasteiger partial charge in [-0.25, -0.2) is 4.98 Å². The molecule has 2 N–H and O–H groups in total. The minimum atomic E-state index is -0.993. The number of non-ortho nitro benzene ring substituents is 1. The second kappa shape index (κ2) is 8.85. The first-order valence-electron chi connectivity index (χ1n) is 7.60. The number of nitro benzene ring substituents is 1. The van der Waals surface area contributed by atoms with E-state index >= 15 is 0 Å². The normalized spacial score (nSPS) is 12.1. The third kappa shape index (κ3) is 5.07. The number of nitrogens with one attached hydrogen (secondary N) is 1. The molecule has 0 fully saturated rings. The van der Waals surface area contributed by atoms with Crippen molar-refractivity contribution >= 4 is 41.4 Å². The molecular weight excluding hydrogens is 372 g/mol. The number of nitro groups is 1. The number of hydrogen-bond donors (Lipinski definition) is 2. The highest BCUT2D eigenvalue weighted by Crippen LogP contribution is 2.29. The Kier molecular flexibility index (Phi) is 6.55. The maximum Gasteiger partial charge on any atom is 0.313 e. The third-order valence-corrected chi connectivity index (χ3v) is 4.23. The van der Waals surface area contributed by atoms with Crippen molar-refractivity contribution in [2.75, 3.05) is 5.75 Å². The summed E-state index contributed by atoms with van der Waals surface area (Å²) >= 11 is 0.944. The monoisotopic (exact) mass is 388 g/mol. The Bertz CT molecular complexity index is 950. The van der Waals surface area contributed by atoms with Gasteiger partial charge in [-0.3, -0.25) is 20.0 Å². The molecule has 11 heteroatoms. The van der Waals surface area contributed by atoms with Crippen LogP contribution in [0.15, 0.2) is 39.6 Å². The highest BCUT2D eigenvalue weighted by Gasteiger charge is 2.17. The van der Waals surface area contributed by atoms with Gasteiger partial charge in [0.1, 0.15) is 0 Å². The van der Waals surface area contributed by atoms with Crippen LogP contribution < -0.4 is 0 Å². The van der Waals surface area contributed by atoms with Crippen LogP contribution in [0, 0.1) is 10.1 Å². The van der Waals surface area contributed by atoms with Crippen LogP contribution in [0.2, 0.25) is 0 Å². The van der Waals surface area contributed by atoms with Crippen molar-refractivity contribution in [2.24, 2.45) is 10.2 Å². The van der Waals surface area contributed by atoms with Gasteiger partial charge in [-0.15, -0.1) is 5.10 Å². The van der Waals surface area contributed by atoms with E-state index in [4.69, 9.17) is 5.11 Å². The maximum atomic E-state index is 11.3. The van der Waals surface area contributed by atoms with Crippen molar-refractivity contribution in [3.8, 4) is 11.4 Å². The summed E-state index contributed by atoms with van der Waals surface area (Å²) in [6.45, 7) is 6.82. The molecule has 2 aromatic rings. The van der Waals surface area contributed by atoms with Gasteiger partial charge in [0.25, 0.3) is 5.69 Å². The van der Waals surface area contributed by atoms with E-state index in [0.29, 0.717) is 28.2 Å². The van der Waals surface area contributed by atoms with Gasteiger partial charge in [-0.1, -0.05) is 17.8 Å². The molecule has 1 aromatic carbocycles. The predicted octanol–water partition coefficient (Wildman–Crippen LogP) is 3.04. The Morgan fingerprint density at radius 1 is 1.48 bits per heavy atom. The average Bonchev–Trinajstić information content (AvgIpc) is 3.09. The summed E-state index contributed by atoms with van der Waals surface area (Å²) < 4.78 is 0. The summed E-state index contributed by atoms with van der Waals surface area (Å²) in [5, 5.41) is 34.3. The molecule has 140 valence electrons. The second-order valence-corrected chi connectivity index (χ2v) is 6.15. The lowest BCUT2D eigenvalue weighted by Crippen LogP contribution is -1.99. The summed E-state index contributed by atoms with van der Waals surface area (Å²) in [4.78, 5) is 25.7. The van der Waals surface area contributed by atoms with Gasteiger partial charge in [-0.05, 0) is 25.5 Å². The topological polar surface area (TPSA) is 147 Å². The lowest BCUT2D eigenvalue weighted by Gasteiger charge is -2.08. The summed E-state index contributed by atoms with van der Waals surface area (Å²) in [7, 11) is 0. The van der Waals surface area contributed by atoms with Crippen LogP contribution in [-0.2, 0) is 4.79 Å². The van der Waals surface area contributed by atoms with Gasteiger partial charge in [0, 0.05) is 30.0 Å². The van der Waals surface area contributed by atoms with Crippen LogP contribution >= 0.6 is 11.8 Å². The van der Waals surface area contributed by atoms with Crippen molar-refractivity contribution in [1.29, 1.82) is 0 Å². The molecule has 0 amide bonds. The molecule has 0 aliphatic rings. The lowest BCUT2D eigenvalue weighted by molar-refractivity contribution is -0.384. The number of rotatable bonds is 8. The molecule has 0 atom stereocenters. The molecule has 0 radical (unpaired) electrons. The number of nitrogens with zero attached hydrogens (tertiary/aromatic N) is 5. The minimum Gasteiger partial charge on any atom is -0.481 e. The van der Waals surface area contributed by atoms with Crippen LogP contribution in [0.5, 0.6) is 0 Å². The molecule has 0 aliphatic heterocycles. The molecule has 27 heavy (non-hydrogen) atoms. The lowest BCUT2D eigenvalue weighted by atomic mass is 9.98.